The van der Waals surface area contributed by atoms with E-state index in [1.165, 1.54) is 12.8 Å². The van der Waals surface area contributed by atoms with E-state index in [2.05, 4.69) is 44.6 Å². The highest BCUT2D eigenvalue weighted by Crippen LogP contribution is 2.25. The SMILES string of the molecule is CCNC(=NCc1nnc2ccccn12)NCCN(CC)C1CC1. The van der Waals surface area contributed by atoms with Gasteiger partial charge in [0.15, 0.2) is 17.4 Å². The first-order chi connectivity index (χ1) is 11.8. The summed E-state index contributed by atoms with van der Waals surface area (Å²) in [7, 11) is 0. The van der Waals surface area contributed by atoms with E-state index in [-0.39, 0.29) is 0 Å². The third-order valence-electron chi connectivity index (χ3n) is 4.27. The monoisotopic (exact) mass is 329 g/mol. The van der Waals surface area contributed by atoms with Crippen LogP contribution in [0.2, 0.25) is 0 Å². The molecule has 1 fully saturated rings. The van der Waals surface area contributed by atoms with Gasteiger partial charge in [0.25, 0.3) is 0 Å². The quantitative estimate of drug-likeness (QED) is 0.564. The van der Waals surface area contributed by atoms with Crippen molar-refractivity contribution in [2.24, 2.45) is 4.99 Å². The van der Waals surface area contributed by atoms with Crippen molar-refractivity contribution in [1.82, 2.24) is 30.1 Å². The molecule has 0 spiro atoms. The van der Waals surface area contributed by atoms with Gasteiger partial charge in [0, 0.05) is 31.9 Å². The van der Waals surface area contributed by atoms with E-state index in [4.69, 9.17) is 0 Å². The molecule has 0 unspecified atom stereocenters. The molecule has 0 aromatic carbocycles. The molecular weight excluding hydrogens is 302 g/mol. The van der Waals surface area contributed by atoms with Crippen molar-refractivity contribution in [3.63, 3.8) is 0 Å². The molecule has 3 rings (SSSR count). The number of pyridine rings is 1. The zero-order chi connectivity index (χ0) is 16.8. The lowest BCUT2D eigenvalue weighted by molar-refractivity contribution is 0.282. The first-order valence-electron chi connectivity index (χ1n) is 8.86. The number of aromatic nitrogens is 3. The molecule has 0 radical (unpaired) electrons. The Morgan fingerprint density at radius 3 is 2.92 bits per heavy atom. The molecule has 0 saturated heterocycles. The second-order valence-corrected chi connectivity index (χ2v) is 6.03. The molecule has 7 heteroatoms. The van der Waals surface area contributed by atoms with Gasteiger partial charge in [0.2, 0.25) is 0 Å². The number of hydrogen-bond donors (Lipinski definition) is 2. The van der Waals surface area contributed by atoms with Gasteiger partial charge in [0.1, 0.15) is 6.54 Å². The van der Waals surface area contributed by atoms with Crippen LogP contribution in [0.4, 0.5) is 0 Å². The Labute approximate surface area is 143 Å². The van der Waals surface area contributed by atoms with Crippen LogP contribution in [0.5, 0.6) is 0 Å². The third-order valence-corrected chi connectivity index (χ3v) is 4.27. The average molecular weight is 329 g/mol. The summed E-state index contributed by atoms with van der Waals surface area (Å²) >= 11 is 0. The Balaban J connectivity index is 1.56. The van der Waals surface area contributed by atoms with Crippen molar-refractivity contribution in [3.05, 3.63) is 30.2 Å². The topological polar surface area (TPSA) is 69.8 Å². The molecule has 2 heterocycles. The van der Waals surface area contributed by atoms with Crippen molar-refractivity contribution in [2.75, 3.05) is 26.2 Å². The molecule has 2 N–H and O–H groups in total. The Hall–Kier alpha value is -2.15. The van der Waals surface area contributed by atoms with Gasteiger partial charge in [-0.2, -0.15) is 0 Å². The fourth-order valence-corrected chi connectivity index (χ4v) is 2.85. The van der Waals surface area contributed by atoms with Crippen LogP contribution >= 0.6 is 0 Å². The minimum Gasteiger partial charge on any atom is -0.357 e. The summed E-state index contributed by atoms with van der Waals surface area (Å²) in [5.74, 6) is 1.67. The van der Waals surface area contributed by atoms with E-state index < -0.39 is 0 Å². The lowest BCUT2D eigenvalue weighted by Crippen LogP contribution is -2.42. The molecule has 2 aromatic heterocycles. The maximum Gasteiger partial charge on any atom is 0.191 e. The van der Waals surface area contributed by atoms with Gasteiger partial charge in [-0.25, -0.2) is 4.99 Å². The molecule has 0 aliphatic heterocycles. The summed E-state index contributed by atoms with van der Waals surface area (Å²) in [6, 6.07) is 6.69. The Morgan fingerprint density at radius 2 is 2.17 bits per heavy atom. The van der Waals surface area contributed by atoms with Crippen LogP contribution in [0.15, 0.2) is 29.4 Å². The van der Waals surface area contributed by atoms with Gasteiger partial charge < -0.3 is 10.6 Å². The predicted octanol–water partition coefficient (Wildman–Crippen LogP) is 1.27. The molecule has 2 aromatic rings. The Morgan fingerprint density at radius 1 is 1.29 bits per heavy atom. The number of nitrogens with one attached hydrogen (secondary N) is 2. The van der Waals surface area contributed by atoms with Crippen molar-refractivity contribution in [1.29, 1.82) is 0 Å². The first kappa shape index (κ1) is 16.7. The molecule has 0 amide bonds. The second-order valence-electron chi connectivity index (χ2n) is 6.03. The van der Waals surface area contributed by atoms with Gasteiger partial charge in [0.05, 0.1) is 0 Å². The fraction of sp³-hybridized carbons (Fsp3) is 0.588. The van der Waals surface area contributed by atoms with Crippen molar-refractivity contribution < 1.29 is 0 Å². The number of guanidine groups is 1. The van der Waals surface area contributed by atoms with Gasteiger partial charge in [-0.05, 0) is 38.4 Å². The number of rotatable bonds is 8. The van der Waals surface area contributed by atoms with Crippen LogP contribution in [-0.4, -0.2) is 57.7 Å². The summed E-state index contributed by atoms with van der Waals surface area (Å²) < 4.78 is 1.97. The number of aliphatic imine (C=N–C) groups is 1. The van der Waals surface area contributed by atoms with Crippen molar-refractivity contribution >= 4 is 11.6 Å². The summed E-state index contributed by atoms with van der Waals surface area (Å²) in [6.07, 6.45) is 4.67. The zero-order valence-corrected chi connectivity index (χ0v) is 14.6. The van der Waals surface area contributed by atoms with Gasteiger partial charge in [-0.3, -0.25) is 9.30 Å². The standard InChI is InChI=1S/C17H27N7/c1-3-18-17(19-10-12-23(4-2)14-8-9-14)20-13-16-22-21-15-7-5-6-11-24(15)16/h5-7,11,14H,3-4,8-10,12-13H2,1-2H3,(H2,18,19,20). The van der Waals surface area contributed by atoms with Gasteiger partial charge in [-0.1, -0.05) is 13.0 Å². The molecule has 130 valence electrons. The summed E-state index contributed by atoms with van der Waals surface area (Å²) in [5.41, 5.74) is 0.851. The smallest absolute Gasteiger partial charge is 0.191 e. The predicted molar refractivity (Wildman–Crippen MR) is 96.1 cm³/mol. The molecule has 0 atom stereocenters. The van der Waals surface area contributed by atoms with E-state index >= 15 is 0 Å². The zero-order valence-electron chi connectivity index (χ0n) is 14.6. The molecule has 24 heavy (non-hydrogen) atoms. The Kier molecular flexibility index (Phi) is 5.63. The second kappa shape index (κ2) is 8.10. The normalized spacial score (nSPS) is 15.2. The minimum absolute atomic E-state index is 0.501. The van der Waals surface area contributed by atoms with E-state index in [1.54, 1.807) is 0 Å². The fourth-order valence-electron chi connectivity index (χ4n) is 2.85. The third kappa shape index (κ3) is 4.23. The highest BCUT2D eigenvalue weighted by atomic mass is 15.3. The van der Waals surface area contributed by atoms with Crippen LogP contribution in [0.3, 0.4) is 0 Å². The number of likely N-dealkylation sites (N-methyl/N-ethyl adjacent to an activating group) is 1. The number of fused-ring (bicyclic) bond motifs is 1. The number of nitrogens with zero attached hydrogens (tertiary/aromatic N) is 5. The Bertz CT molecular complexity index is 674. The highest BCUT2D eigenvalue weighted by molar-refractivity contribution is 5.79. The van der Waals surface area contributed by atoms with E-state index in [0.29, 0.717) is 6.54 Å². The van der Waals surface area contributed by atoms with Gasteiger partial charge >= 0.3 is 0 Å². The molecule has 1 aliphatic carbocycles. The maximum atomic E-state index is 4.64. The first-order valence-corrected chi connectivity index (χ1v) is 8.86. The number of hydrogen-bond acceptors (Lipinski definition) is 4. The molecule has 1 saturated carbocycles. The maximum absolute atomic E-state index is 4.64. The average Bonchev–Trinajstić information content (AvgIpc) is 3.36. The van der Waals surface area contributed by atoms with Crippen LogP contribution in [0, 0.1) is 0 Å². The van der Waals surface area contributed by atoms with Crippen LogP contribution in [-0.2, 0) is 6.54 Å². The van der Waals surface area contributed by atoms with E-state index in [0.717, 1.165) is 49.7 Å². The lowest BCUT2D eigenvalue weighted by atomic mass is 10.4. The van der Waals surface area contributed by atoms with Crippen LogP contribution in [0.1, 0.15) is 32.5 Å². The minimum atomic E-state index is 0.501. The summed E-state index contributed by atoms with van der Waals surface area (Å²) in [5, 5.41) is 15.1. The summed E-state index contributed by atoms with van der Waals surface area (Å²) in [4.78, 5) is 7.17. The van der Waals surface area contributed by atoms with Crippen LogP contribution in [0.25, 0.3) is 5.65 Å². The highest BCUT2D eigenvalue weighted by Gasteiger charge is 2.27. The van der Waals surface area contributed by atoms with Crippen molar-refractivity contribution in [2.45, 2.75) is 39.3 Å². The van der Waals surface area contributed by atoms with Crippen LogP contribution < -0.4 is 10.6 Å². The van der Waals surface area contributed by atoms with E-state index in [1.807, 2.05) is 28.8 Å². The van der Waals surface area contributed by atoms with Crippen molar-refractivity contribution in [3.8, 4) is 0 Å². The molecule has 1 aliphatic rings. The summed E-state index contributed by atoms with van der Waals surface area (Å²) in [6.45, 7) is 8.72. The molecule has 0 bridgehead atoms. The lowest BCUT2D eigenvalue weighted by Gasteiger charge is -2.20. The largest absolute Gasteiger partial charge is 0.357 e. The molecule has 7 nitrogen and oxygen atoms in total. The molecular formula is C17H27N7. The van der Waals surface area contributed by atoms with Gasteiger partial charge in [-0.15, -0.1) is 10.2 Å². The van der Waals surface area contributed by atoms with E-state index in [9.17, 15) is 0 Å².